The largest absolute Gasteiger partial charge is 0.381 e. The molecule has 1 fully saturated rings. The van der Waals surface area contributed by atoms with E-state index in [0.717, 1.165) is 24.8 Å². The van der Waals surface area contributed by atoms with Crippen LogP contribution in [0.25, 0.3) is 0 Å². The summed E-state index contributed by atoms with van der Waals surface area (Å²) in [5.74, 6) is -0.128. The Morgan fingerprint density at radius 1 is 1.38 bits per heavy atom. The first-order chi connectivity index (χ1) is 7.79. The summed E-state index contributed by atoms with van der Waals surface area (Å²) in [5.41, 5.74) is 0.739. The maximum atomic E-state index is 13.3. The van der Waals surface area contributed by atoms with Crippen LogP contribution in [-0.4, -0.2) is 19.3 Å². The summed E-state index contributed by atoms with van der Waals surface area (Å²) in [6.45, 7) is 0.605. The van der Waals surface area contributed by atoms with Crippen molar-refractivity contribution in [2.75, 3.05) is 7.11 Å². The summed E-state index contributed by atoms with van der Waals surface area (Å²) in [5, 5.41) is 3.38. The van der Waals surface area contributed by atoms with E-state index in [4.69, 9.17) is 4.74 Å². The van der Waals surface area contributed by atoms with Gasteiger partial charge in [-0.05, 0) is 25.3 Å². The zero-order valence-corrected chi connectivity index (χ0v) is 9.58. The Bertz CT molecular complexity index is 342. The molecule has 0 heterocycles. The first kappa shape index (κ1) is 11.6. The van der Waals surface area contributed by atoms with Crippen LogP contribution in [0.15, 0.2) is 24.3 Å². The molecule has 1 aliphatic carbocycles. The molecule has 16 heavy (non-hydrogen) atoms. The lowest BCUT2D eigenvalue weighted by molar-refractivity contribution is 0.107. The number of halogens is 1. The van der Waals surface area contributed by atoms with Gasteiger partial charge < -0.3 is 10.1 Å². The minimum Gasteiger partial charge on any atom is -0.381 e. The molecule has 2 atom stereocenters. The maximum absolute atomic E-state index is 13.3. The smallest absolute Gasteiger partial charge is 0.127 e. The molecule has 88 valence electrons. The quantitative estimate of drug-likeness (QED) is 0.846. The molecule has 0 spiro atoms. The summed E-state index contributed by atoms with van der Waals surface area (Å²) in [6.07, 6.45) is 3.63. The van der Waals surface area contributed by atoms with Gasteiger partial charge in [0.1, 0.15) is 5.82 Å². The Labute approximate surface area is 95.8 Å². The van der Waals surface area contributed by atoms with Gasteiger partial charge in [-0.3, -0.25) is 0 Å². The molecule has 1 N–H and O–H groups in total. The van der Waals surface area contributed by atoms with Gasteiger partial charge in [0, 0.05) is 25.3 Å². The second-order valence-corrected chi connectivity index (χ2v) is 4.34. The van der Waals surface area contributed by atoms with Gasteiger partial charge in [0.15, 0.2) is 0 Å². The number of hydrogen-bond acceptors (Lipinski definition) is 2. The SMILES string of the molecule is COC1CCC(NCc2ccccc2F)C1. The van der Waals surface area contributed by atoms with Crippen molar-refractivity contribution in [3.63, 3.8) is 0 Å². The highest BCUT2D eigenvalue weighted by molar-refractivity contribution is 5.17. The van der Waals surface area contributed by atoms with Gasteiger partial charge in [-0.25, -0.2) is 4.39 Å². The zero-order valence-electron chi connectivity index (χ0n) is 9.58. The third kappa shape index (κ3) is 2.80. The molecule has 1 aliphatic rings. The molecule has 1 saturated carbocycles. The molecule has 1 aromatic rings. The van der Waals surface area contributed by atoms with E-state index in [0.29, 0.717) is 18.7 Å². The highest BCUT2D eigenvalue weighted by Crippen LogP contribution is 2.21. The van der Waals surface area contributed by atoms with Crippen molar-refractivity contribution in [1.29, 1.82) is 0 Å². The Morgan fingerprint density at radius 2 is 2.19 bits per heavy atom. The van der Waals surface area contributed by atoms with Crippen LogP contribution < -0.4 is 5.32 Å². The molecule has 2 rings (SSSR count). The third-order valence-corrected chi connectivity index (χ3v) is 3.26. The predicted molar refractivity (Wildman–Crippen MR) is 61.7 cm³/mol. The Hall–Kier alpha value is -0.930. The van der Waals surface area contributed by atoms with Crippen molar-refractivity contribution in [3.05, 3.63) is 35.6 Å². The van der Waals surface area contributed by atoms with Crippen molar-refractivity contribution in [2.24, 2.45) is 0 Å². The van der Waals surface area contributed by atoms with Crippen molar-refractivity contribution < 1.29 is 9.13 Å². The maximum Gasteiger partial charge on any atom is 0.127 e. The summed E-state index contributed by atoms with van der Waals surface area (Å²) in [7, 11) is 1.75. The van der Waals surface area contributed by atoms with E-state index in [2.05, 4.69) is 5.32 Å². The van der Waals surface area contributed by atoms with Crippen molar-refractivity contribution in [2.45, 2.75) is 38.0 Å². The molecular formula is C13H18FNO. The van der Waals surface area contributed by atoms with E-state index < -0.39 is 0 Å². The summed E-state index contributed by atoms with van der Waals surface area (Å²) >= 11 is 0. The first-order valence-electron chi connectivity index (χ1n) is 5.79. The molecule has 1 aromatic carbocycles. The van der Waals surface area contributed by atoms with Crippen LogP contribution in [0.2, 0.25) is 0 Å². The zero-order chi connectivity index (χ0) is 11.4. The summed E-state index contributed by atoms with van der Waals surface area (Å²) < 4.78 is 18.6. The van der Waals surface area contributed by atoms with E-state index in [1.807, 2.05) is 12.1 Å². The molecule has 0 saturated heterocycles. The summed E-state index contributed by atoms with van der Waals surface area (Å²) in [6, 6.07) is 7.38. The van der Waals surface area contributed by atoms with Crippen LogP contribution >= 0.6 is 0 Å². The Kier molecular flexibility index (Phi) is 3.91. The number of rotatable bonds is 4. The molecule has 2 nitrogen and oxygen atoms in total. The minimum absolute atomic E-state index is 0.128. The van der Waals surface area contributed by atoms with Crippen LogP contribution in [0, 0.1) is 5.82 Å². The standard InChI is InChI=1S/C13H18FNO/c1-16-12-7-6-11(8-12)15-9-10-4-2-3-5-13(10)14/h2-5,11-12,15H,6-9H2,1H3. The van der Waals surface area contributed by atoms with Crippen LogP contribution in [0.5, 0.6) is 0 Å². The third-order valence-electron chi connectivity index (χ3n) is 3.26. The predicted octanol–water partition coefficient (Wildman–Crippen LogP) is 2.48. The molecule has 0 radical (unpaired) electrons. The van der Waals surface area contributed by atoms with E-state index in [1.54, 1.807) is 13.2 Å². The van der Waals surface area contributed by atoms with E-state index in [-0.39, 0.29) is 5.82 Å². The summed E-state index contributed by atoms with van der Waals surface area (Å²) in [4.78, 5) is 0. The monoisotopic (exact) mass is 223 g/mol. The molecule has 3 heteroatoms. The number of ether oxygens (including phenoxy) is 1. The van der Waals surface area contributed by atoms with E-state index in [1.165, 1.54) is 6.07 Å². The van der Waals surface area contributed by atoms with Gasteiger partial charge in [0.05, 0.1) is 6.10 Å². The lowest BCUT2D eigenvalue weighted by atomic mass is 10.2. The normalized spacial score (nSPS) is 24.9. The van der Waals surface area contributed by atoms with E-state index >= 15 is 0 Å². The highest BCUT2D eigenvalue weighted by Gasteiger charge is 2.23. The van der Waals surface area contributed by atoms with Crippen molar-refractivity contribution in [1.82, 2.24) is 5.32 Å². The van der Waals surface area contributed by atoms with Crippen LogP contribution in [-0.2, 0) is 11.3 Å². The van der Waals surface area contributed by atoms with Gasteiger partial charge in [-0.2, -0.15) is 0 Å². The highest BCUT2D eigenvalue weighted by atomic mass is 19.1. The average Bonchev–Trinajstić information content (AvgIpc) is 2.76. The average molecular weight is 223 g/mol. The number of hydrogen-bond donors (Lipinski definition) is 1. The minimum atomic E-state index is -0.128. The topological polar surface area (TPSA) is 21.3 Å². The lowest BCUT2D eigenvalue weighted by Gasteiger charge is -2.13. The molecular weight excluding hydrogens is 205 g/mol. The Balaban J connectivity index is 1.82. The van der Waals surface area contributed by atoms with Gasteiger partial charge >= 0.3 is 0 Å². The van der Waals surface area contributed by atoms with Gasteiger partial charge in [-0.15, -0.1) is 0 Å². The fraction of sp³-hybridized carbons (Fsp3) is 0.538. The van der Waals surface area contributed by atoms with Gasteiger partial charge in [-0.1, -0.05) is 18.2 Å². The number of methoxy groups -OCH3 is 1. The van der Waals surface area contributed by atoms with Crippen LogP contribution in [0.3, 0.4) is 0 Å². The van der Waals surface area contributed by atoms with Crippen LogP contribution in [0.1, 0.15) is 24.8 Å². The number of benzene rings is 1. The van der Waals surface area contributed by atoms with Gasteiger partial charge in [0.2, 0.25) is 0 Å². The fourth-order valence-corrected chi connectivity index (χ4v) is 2.24. The fourth-order valence-electron chi connectivity index (χ4n) is 2.24. The second-order valence-electron chi connectivity index (χ2n) is 4.34. The van der Waals surface area contributed by atoms with E-state index in [9.17, 15) is 4.39 Å². The second kappa shape index (κ2) is 5.41. The van der Waals surface area contributed by atoms with Gasteiger partial charge in [0.25, 0.3) is 0 Å². The Morgan fingerprint density at radius 3 is 2.88 bits per heavy atom. The molecule has 0 aliphatic heterocycles. The lowest BCUT2D eigenvalue weighted by Crippen LogP contribution is -2.27. The number of nitrogens with one attached hydrogen (secondary N) is 1. The first-order valence-corrected chi connectivity index (χ1v) is 5.79. The molecule has 2 unspecified atom stereocenters. The van der Waals surface area contributed by atoms with Crippen molar-refractivity contribution in [3.8, 4) is 0 Å². The molecule has 0 aromatic heterocycles. The van der Waals surface area contributed by atoms with Crippen LogP contribution in [0.4, 0.5) is 4.39 Å². The molecule has 0 bridgehead atoms. The molecule has 0 amide bonds. The van der Waals surface area contributed by atoms with Crippen molar-refractivity contribution >= 4 is 0 Å².